The van der Waals surface area contributed by atoms with Crippen molar-refractivity contribution in [2.45, 2.75) is 37.3 Å². The van der Waals surface area contributed by atoms with E-state index in [4.69, 9.17) is 9.47 Å². The lowest BCUT2D eigenvalue weighted by molar-refractivity contribution is -0.147. The van der Waals surface area contributed by atoms with Crippen LogP contribution in [0.1, 0.15) is 36.8 Å². The molecule has 0 radical (unpaired) electrons. The van der Waals surface area contributed by atoms with Crippen LogP contribution in [0.5, 0.6) is 0 Å². The molecule has 2 aliphatic rings. The third-order valence-electron chi connectivity index (χ3n) is 6.01. The van der Waals surface area contributed by atoms with Gasteiger partial charge in [0.15, 0.2) is 5.54 Å². The Hall–Kier alpha value is -3.39. The number of hydrogen-bond donors (Lipinski definition) is 3. The minimum atomic E-state index is -1.40. The van der Waals surface area contributed by atoms with Gasteiger partial charge in [-0.15, -0.1) is 0 Å². The third-order valence-corrected chi connectivity index (χ3v) is 6.01. The average Bonchev–Trinajstić information content (AvgIpc) is 3.36. The van der Waals surface area contributed by atoms with E-state index in [2.05, 4.69) is 22.8 Å². The molecule has 0 bridgehead atoms. The summed E-state index contributed by atoms with van der Waals surface area (Å²) in [7, 11) is 0. The lowest BCUT2D eigenvalue weighted by Gasteiger charge is -2.24. The molecule has 1 fully saturated rings. The predicted octanol–water partition coefficient (Wildman–Crippen LogP) is 2.66. The molecule has 0 saturated carbocycles. The highest BCUT2D eigenvalue weighted by molar-refractivity contribution is 5.88. The van der Waals surface area contributed by atoms with Crippen LogP contribution in [0.3, 0.4) is 0 Å². The number of rotatable bonds is 7. The van der Waals surface area contributed by atoms with Crippen molar-refractivity contribution < 1.29 is 29.0 Å². The second-order valence-corrected chi connectivity index (χ2v) is 8.31. The van der Waals surface area contributed by atoms with Gasteiger partial charge in [0.1, 0.15) is 6.61 Å². The molecule has 1 saturated heterocycles. The number of amides is 2. The normalized spacial score (nSPS) is 20.2. The summed E-state index contributed by atoms with van der Waals surface area (Å²) in [5, 5.41) is 14.6. The van der Waals surface area contributed by atoms with Crippen LogP contribution in [0.25, 0.3) is 11.1 Å². The van der Waals surface area contributed by atoms with Gasteiger partial charge in [-0.05, 0) is 29.2 Å². The molecule has 1 aliphatic heterocycles. The lowest BCUT2D eigenvalue weighted by atomic mass is 9.98. The topological polar surface area (TPSA) is 114 Å². The molecular weight excluding hydrogens is 412 g/mol. The summed E-state index contributed by atoms with van der Waals surface area (Å²) in [6, 6.07) is 15.6. The van der Waals surface area contributed by atoms with Crippen molar-refractivity contribution in [2.24, 2.45) is 0 Å². The van der Waals surface area contributed by atoms with E-state index in [0.717, 1.165) is 22.3 Å². The van der Waals surface area contributed by atoms with E-state index in [1.807, 2.05) is 36.4 Å². The molecule has 2 atom stereocenters. The van der Waals surface area contributed by atoms with Gasteiger partial charge in [-0.25, -0.2) is 9.59 Å². The Kier molecular flexibility index (Phi) is 6.14. The maximum absolute atomic E-state index is 12.4. The minimum Gasteiger partial charge on any atom is -0.479 e. The largest absolute Gasteiger partial charge is 0.479 e. The molecule has 32 heavy (non-hydrogen) atoms. The molecule has 3 N–H and O–H groups in total. The van der Waals surface area contributed by atoms with Gasteiger partial charge in [0, 0.05) is 31.4 Å². The van der Waals surface area contributed by atoms with Gasteiger partial charge in [0.25, 0.3) is 0 Å². The lowest BCUT2D eigenvalue weighted by Crippen LogP contribution is -2.56. The van der Waals surface area contributed by atoms with Crippen molar-refractivity contribution >= 4 is 18.0 Å². The van der Waals surface area contributed by atoms with Gasteiger partial charge in [-0.3, -0.25) is 4.79 Å². The van der Waals surface area contributed by atoms with Crippen LogP contribution in [-0.2, 0) is 19.1 Å². The van der Waals surface area contributed by atoms with E-state index in [1.54, 1.807) is 6.92 Å². The van der Waals surface area contributed by atoms with Gasteiger partial charge in [0.2, 0.25) is 5.91 Å². The zero-order valence-electron chi connectivity index (χ0n) is 17.8. The van der Waals surface area contributed by atoms with Crippen molar-refractivity contribution in [3.05, 3.63) is 59.7 Å². The van der Waals surface area contributed by atoms with E-state index in [0.29, 0.717) is 0 Å². The number of nitrogens with one attached hydrogen (secondary N) is 2. The van der Waals surface area contributed by atoms with E-state index in [-0.39, 0.29) is 38.6 Å². The van der Waals surface area contributed by atoms with Crippen molar-refractivity contribution in [3.8, 4) is 11.1 Å². The van der Waals surface area contributed by atoms with E-state index < -0.39 is 29.6 Å². The fourth-order valence-corrected chi connectivity index (χ4v) is 4.37. The molecule has 1 unspecified atom stereocenters. The highest BCUT2D eigenvalue weighted by atomic mass is 16.5. The van der Waals surface area contributed by atoms with Gasteiger partial charge < -0.3 is 25.2 Å². The summed E-state index contributed by atoms with van der Waals surface area (Å²) in [5.74, 6) is -1.64. The molecule has 4 rings (SSSR count). The molecule has 168 valence electrons. The van der Waals surface area contributed by atoms with Crippen molar-refractivity contribution in [2.75, 3.05) is 19.8 Å². The number of benzene rings is 2. The van der Waals surface area contributed by atoms with Gasteiger partial charge >= 0.3 is 12.1 Å². The van der Waals surface area contributed by atoms with Crippen molar-refractivity contribution in [1.82, 2.24) is 10.6 Å². The fourth-order valence-electron chi connectivity index (χ4n) is 4.37. The quantitative estimate of drug-likeness (QED) is 0.612. The molecule has 2 amide bonds. The van der Waals surface area contributed by atoms with E-state index in [1.165, 1.54) is 0 Å². The Morgan fingerprint density at radius 1 is 1.12 bits per heavy atom. The first-order chi connectivity index (χ1) is 15.4. The number of carboxylic acid groups (broad SMARTS) is 1. The van der Waals surface area contributed by atoms with Crippen LogP contribution < -0.4 is 10.6 Å². The predicted molar refractivity (Wildman–Crippen MR) is 116 cm³/mol. The van der Waals surface area contributed by atoms with E-state index >= 15 is 0 Å². The third kappa shape index (κ3) is 4.31. The highest BCUT2D eigenvalue weighted by Gasteiger charge is 2.44. The summed E-state index contributed by atoms with van der Waals surface area (Å²) < 4.78 is 10.6. The number of fused-ring (bicyclic) bond motifs is 3. The molecule has 2 aromatic carbocycles. The highest BCUT2D eigenvalue weighted by Crippen LogP contribution is 2.44. The Morgan fingerprint density at radius 3 is 2.31 bits per heavy atom. The number of carboxylic acids is 1. The minimum absolute atomic E-state index is 0.0513. The number of carbonyl (C=O) groups is 3. The number of carbonyl (C=O) groups excluding carboxylic acids is 2. The molecule has 0 spiro atoms. The second-order valence-electron chi connectivity index (χ2n) is 8.31. The molecule has 8 heteroatoms. The zero-order chi connectivity index (χ0) is 22.7. The number of aliphatic carboxylic acids is 1. The zero-order valence-corrected chi connectivity index (χ0v) is 17.8. The van der Waals surface area contributed by atoms with E-state index in [9.17, 15) is 19.5 Å². The van der Waals surface area contributed by atoms with Crippen LogP contribution in [-0.4, -0.2) is 54.5 Å². The van der Waals surface area contributed by atoms with Gasteiger partial charge in [-0.1, -0.05) is 48.5 Å². The Morgan fingerprint density at radius 2 is 1.75 bits per heavy atom. The van der Waals surface area contributed by atoms with Gasteiger partial charge in [-0.2, -0.15) is 0 Å². The number of alkyl carbamates (subject to hydrolysis) is 1. The molecule has 0 aromatic heterocycles. The molecule has 1 aliphatic carbocycles. The average molecular weight is 438 g/mol. The maximum Gasteiger partial charge on any atom is 0.407 e. The first-order valence-corrected chi connectivity index (χ1v) is 10.6. The first kappa shape index (κ1) is 21.8. The molecule has 2 aromatic rings. The Balaban J connectivity index is 1.31. The smallest absolute Gasteiger partial charge is 0.407 e. The second kappa shape index (κ2) is 9.00. The summed E-state index contributed by atoms with van der Waals surface area (Å²) in [4.78, 5) is 36.2. The van der Waals surface area contributed by atoms with Crippen molar-refractivity contribution in [3.63, 3.8) is 0 Å². The van der Waals surface area contributed by atoms with Crippen LogP contribution >= 0.6 is 0 Å². The van der Waals surface area contributed by atoms with Crippen molar-refractivity contribution in [1.29, 1.82) is 0 Å². The Bertz CT molecular complexity index is 985. The molecule has 1 heterocycles. The Labute approximate surface area is 185 Å². The maximum atomic E-state index is 12.4. The summed E-state index contributed by atoms with van der Waals surface area (Å²) >= 11 is 0. The van der Waals surface area contributed by atoms with Crippen LogP contribution in [0.2, 0.25) is 0 Å². The summed E-state index contributed by atoms with van der Waals surface area (Å²) in [5.41, 5.74) is 3.12. The number of ether oxygens (including phenoxy) is 2. The van der Waals surface area contributed by atoms with Gasteiger partial charge in [0.05, 0.1) is 6.61 Å². The first-order valence-electron chi connectivity index (χ1n) is 10.6. The monoisotopic (exact) mass is 438 g/mol. The van der Waals surface area contributed by atoms with Crippen LogP contribution in [0.4, 0.5) is 4.79 Å². The fraction of sp³-hybridized carbons (Fsp3) is 0.375. The summed E-state index contributed by atoms with van der Waals surface area (Å²) in [6.07, 6.45) is -0.481. The number of hydrogen-bond acceptors (Lipinski definition) is 5. The van der Waals surface area contributed by atoms with Crippen LogP contribution in [0, 0.1) is 0 Å². The molecule has 8 nitrogen and oxygen atoms in total. The SMILES string of the molecule is C[C@@H](CC(=O)NC1(C(=O)O)CCOC1)NC(=O)OCC1c2ccccc2-c2ccccc21. The standard InChI is InChI=1S/C24H26N2O6/c1-15(12-21(27)26-24(22(28)29)10-11-31-14-24)25-23(30)32-13-20-18-8-4-2-6-16(18)17-7-3-5-9-19(17)20/h2-9,15,20H,10-14H2,1H3,(H,25,30)(H,26,27)(H,28,29)/t15-,24?/m0/s1. The summed E-state index contributed by atoms with van der Waals surface area (Å²) in [6.45, 7) is 2.06. The molecular formula is C24H26N2O6. The van der Waals surface area contributed by atoms with Crippen LogP contribution in [0.15, 0.2) is 48.5 Å².